The highest BCUT2D eigenvalue weighted by Gasteiger charge is 2.21. The number of nitrogens with two attached hydrogens (primary N) is 1. The molecule has 0 amide bonds. The van der Waals surface area contributed by atoms with Gasteiger partial charge in [-0.15, -0.1) is 0 Å². The number of hydrogen-bond donors (Lipinski definition) is 1. The molecule has 0 fully saturated rings. The zero-order chi connectivity index (χ0) is 12.7. The Bertz CT molecular complexity index is 594. The largest absolute Gasteiger partial charge is 0.332 e. The smallest absolute Gasteiger partial charge is 0.132 e. The highest BCUT2D eigenvalue weighted by atomic mass is 35.5. The first-order valence-electron chi connectivity index (χ1n) is 5.90. The summed E-state index contributed by atoms with van der Waals surface area (Å²) in [5.41, 5.74) is 8.09. The van der Waals surface area contributed by atoms with E-state index in [0.29, 0.717) is 16.3 Å². The summed E-state index contributed by atoms with van der Waals surface area (Å²) in [6, 6.07) is 4.69. The van der Waals surface area contributed by atoms with E-state index in [0.717, 1.165) is 25.1 Å². The molecule has 1 aromatic carbocycles. The van der Waals surface area contributed by atoms with Gasteiger partial charge in [0, 0.05) is 28.9 Å². The Morgan fingerprint density at radius 1 is 1.44 bits per heavy atom. The van der Waals surface area contributed by atoms with Crippen LogP contribution in [0.4, 0.5) is 4.39 Å². The standard InChI is InChI=1S/C13H13ClFN3/c14-8-1-3-11(15)10(5-8)13-12-4-2-9(16)6-18(12)7-17-13/h1,3,5,7,9H,2,4,6,16H2. The van der Waals surface area contributed by atoms with E-state index < -0.39 is 0 Å². The second-order valence-corrected chi connectivity index (χ2v) is 5.05. The predicted octanol–water partition coefficient (Wildman–Crippen LogP) is 2.62. The Morgan fingerprint density at radius 3 is 3.11 bits per heavy atom. The van der Waals surface area contributed by atoms with Gasteiger partial charge in [-0.2, -0.15) is 0 Å². The van der Waals surface area contributed by atoms with E-state index in [1.165, 1.54) is 6.07 Å². The number of rotatable bonds is 1. The van der Waals surface area contributed by atoms with Gasteiger partial charge in [0.1, 0.15) is 5.82 Å². The van der Waals surface area contributed by atoms with Gasteiger partial charge in [0.25, 0.3) is 0 Å². The zero-order valence-corrected chi connectivity index (χ0v) is 10.5. The van der Waals surface area contributed by atoms with Crippen molar-refractivity contribution in [2.45, 2.75) is 25.4 Å². The number of benzene rings is 1. The summed E-state index contributed by atoms with van der Waals surface area (Å²) in [6.07, 6.45) is 3.45. The number of halogens is 2. The molecule has 0 saturated heterocycles. The van der Waals surface area contributed by atoms with Crippen LogP contribution in [0.5, 0.6) is 0 Å². The lowest BCUT2D eigenvalue weighted by Gasteiger charge is -2.21. The number of fused-ring (bicyclic) bond motifs is 1. The van der Waals surface area contributed by atoms with Crippen molar-refractivity contribution in [1.82, 2.24) is 9.55 Å². The van der Waals surface area contributed by atoms with Gasteiger partial charge >= 0.3 is 0 Å². The van der Waals surface area contributed by atoms with Gasteiger partial charge in [0.05, 0.1) is 12.0 Å². The zero-order valence-electron chi connectivity index (χ0n) is 9.74. The van der Waals surface area contributed by atoms with Gasteiger partial charge in [-0.1, -0.05) is 11.6 Å². The molecule has 0 radical (unpaired) electrons. The van der Waals surface area contributed by atoms with Crippen LogP contribution in [-0.4, -0.2) is 15.6 Å². The van der Waals surface area contributed by atoms with Gasteiger partial charge in [-0.25, -0.2) is 9.37 Å². The molecular weight excluding hydrogens is 253 g/mol. The fourth-order valence-electron chi connectivity index (χ4n) is 2.40. The molecule has 1 aliphatic rings. The Hall–Kier alpha value is -1.39. The lowest BCUT2D eigenvalue weighted by Crippen LogP contribution is -2.31. The van der Waals surface area contributed by atoms with E-state index >= 15 is 0 Å². The highest BCUT2D eigenvalue weighted by molar-refractivity contribution is 6.30. The van der Waals surface area contributed by atoms with Crippen molar-refractivity contribution >= 4 is 11.6 Å². The van der Waals surface area contributed by atoms with Crippen molar-refractivity contribution in [2.75, 3.05) is 0 Å². The molecule has 0 bridgehead atoms. The number of aromatic nitrogens is 2. The van der Waals surface area contributed by atoms with Crippen molar-refractivity contribution in [3.63, 3.8) is 0 Å². The normalized spacial score (nSPS) is 18.7. The number of imidazole rings is 1. The number of nitrogens with zero attached hydrogens (tertiary/aromatic N) is 2. The monoisotopic (exact) mass is 265 g/mol. The summed E-state index contributed by atoms with van der Waals surface area (Å²) in [5.74, 6) is -0.296. The molecule has 1 aromatic heterocycles. The highest BCUT2D eigenvalue weighted by Crippen LogP contribution is 2.30. The van der Waals surface area contributed by atoms with Crippen LogP contribution in [0.1, 0.15) is 12.1 Å². The van der Waals surface area contributed by atoms with Gasteiger partial charge < -0.3 is 10.3 Å². The summed E-state index contributed by atoms with van der Waals surface area (Å²) in [5, 5.41) is 0.515. The second kappa shape index (κ2) is 4.37. The maximum absolute atomic E-state index is 13.8. The quantitative estimate of drug-likeness (QED) is 0.861. The van der Waals surface area contributed by atoms with E-state index in [1.54, 1.807) is 18.5 Å². The Balaban J connectivity index is 2.10. The van der Waals surface area contributed by atoms with Crippen molar-refractivity contribution in [1.29, 1.82) is 0 Å². The fraction of sp³-hybridized carbons (Fsp3) is 0.308. The average molecular weight is 266 g/mol. The third-order valence-corrected chi connectivity index (χ3v) is 3.55. The van der Waals surface area contributed by atoms with Crippen LogP contribution >= 0.6 is 11.6 Å². The third-order valence-electron chi connectivity index (χ3n) is 3.31. The average Bonchev–Trinajstić information content (AvgIpc) is 2.75. The molecule has 0 saturated carbocycles. The summed E-state index contributed by atoms with van der Waals surface area (Å²) in [7, 11) is 0. The summed E-state index contributed by atoms with van der Waals surface area (Å²) in [6.45, 7) is 0.741. The Morgan fingerprint density at radius 2 is 2.28 bits per heavy atom. The molecule has 5 heteroatoms. The van der Waals surface area contributed by atoms with Gasteiger partial charge in [0.15, 0.2) is 0 Å². The molecule has 3 rings (SSSR count). The molecule has 0 spiro atoms. The first kappa shape index (κ1) is 11.7. The Kier molecular flexibility index (Phi) is 2.84. The lowest BCUT2D eigenvalue weighted by molar-refractivity contribution is 0.461. The number of hydrogen-bond acceptors (Lipinski definition) is 2. The molecule has 1 atom stereocenters. The molecule has 94 valence electrons. The topological polar surface area (TPSA) is 43.8 Å². The third kappa shape index (κ3) is 1.91. The van der Waals surface area contributed by atoms with Crippen LogP contribution < -0.4 is 5.73 Å². The fourth-order valence-corrected chi connectivity index (χ4v) is 2.57. The van der Waals surface area contributed by atoms with Gasteiger partial charge in [-0.3, -0.25) is 0 Å². The summed E-state index contributed by atoms with van der Waals surface area (Å²) >= 11 is 5.92. The molecule has 2 N–H and O–H groups in total. The first-order chi connectivity index (χ1) is 8.65. The predicted molar refractivity (Wildman–Crippen MR) is 68.9 cm³/mol. The van der Waals surface area contributed by atoms with Crippen LogP contribution in [0.3, 0.4) is 0 Å². The van der Waals surface area contributed by atoms with Crippen LogP contribution in [0.15, 0.2) is 24.5 Å². The minimum Gasteiger partial charge on any atom is -0.332 e. The molecule has 1 unspecified atom stereocenters. The molecule has 3 nitrogen and oxygen atoms in total. The van der Waals surface area contributed by atoms with E-state index in [-0.39, 0.29) is 11.9 Å². The molecular formula is C13H13ClFN3. The van der Waals surface area contributed by atoms with E-state index in [1.807, 2.05) is 4.57 Å². The van der Waals surface area contributed by atoms with Crippen LogP contribution in [-0.2, 0) is 13.0 Å². The van der Waals surface area contributed by atoms with Gasteiger partial charge in [-0.05, 0) is 31.0 Å². The summed E-state index contributed by atoms with van der Waals surface area (Å²) in [4.78, 5) is 4.31. The molecule has 2 heterocycles. The molecule has 18 heavy (non-hydrogen) atoms. The molecule has 2 aromatic rings. The lowest BCUT2D eigenvalue weighted by atomic mass is 10.0. The molecule has 1 aliphatic heterocycles. The minimum atomic E-state index is -0.296. The van der Waals surface area contributed by atoms with Crippen LogP contribution in [0, 0.1) is 5.82 Å². The first-order valence-corrected chi connectivity index (χ1v) is 6.28. The van der Waals surface area contributed by atoms with E-state index in [9.17, 15) is 4.39 Å². The minimum absolute atomic E-state index is 0.156. The van der Waals surface area contributed by atoms with E-state index in [2.05, 4.69) is 4.98 Å². The van der Waals surface area contributed by atoms with Crippen molar-refractivity contribution < 1.29 is 4.39 Å². The Labute approximate surface area is 109 Å². The molecule has 0 aliphatic carbocycles. The van der Waals surface area contributed by atoms with Crippen molar-refractivity contribution in [3.8, 4) is 11.3 Å². The second-order valence-electron chi connectivity index (χ2n) is 4.62. The maximum atomic E-state index is 13.8. The van der Waals surface area contributed by atoms with Crippen LogP contribution in [0.25, 0.3) is 11.3 Å². The maximum Gasteiger partial charge on any atom is 0.132 e. The van der Waals surface area contributed by atoms with Crippen molar-refractivity contribution in [2.24, 2.45) is 5.73 Å². The van der Waals surface area contributed by atoms with Crippen LogP contribution in [0.2, 0.25) is 5.02 Å². The summed E-state index contributed by atoms with van der Waals surface area (Å²) < 4.78 is 15.9. The SMILES string of the molecule is NC1CCc2c(-c3cc(Cl)ccc3F)ncn2C1. The van der Waals surface area contributed by atoms with Gasteiger partial charge in [0.2, 0.25) is 0 Å². The van der Waals surface area contributed by atoms with E-state index in [4.69, 9.17) is 17.3 Å². The van der Waals surface area contributed by atoms with Crippen molar-refractivity contribution in [3.05, 3.63) is 41.1 Å².